The van der Waals surface area contributed by atoms with Gasteiger partial charge in [-0.25, -0.2) is 23.1 Å². The topological polar surface area (TPSA) is 71.0 Å². The first-order valence-corrected chi connectivity index (χ1v) is 15.0. The first-order chi connectivity index (χ1) is 20.5. The standard InChI is InChI=1S/C31H40F3N5O3/c1-21(2)39(23-14-31(33,34)15-23)29(40)25-13-22(32)6-7-26(25)42-27-16-35-20-36-28(27)38-18-30(19-38)8-10-37(11-9-30)17-24-5-3-4-12-41-24/h6-7,13,16,20-21,23-24H,3-5,8-12,14-15,17-19H2,1-2H3/t24-/m0/s1/i4D/t4-,24+/m1. The van der Waals surface area contributed by atoms with Gasteiger partial charge in [0.15, 0.2) is 11.6 Å². The number of benzene rings is 1. The van der Waals surface area contributed by atoms with E-state index in [0.717, 1.165) is 64.5 Å². The van der Waals surface area contributed by atoms with Crippen LogP contribution in [0, 0.1) is 11.2 Å². The molecule has 0 unspecified atom stereocenters. The van der Waals surface area contributed by atoms with Crippen LogP contribution in [0.5, 0.6) is 11.5 Å². The van der Waals surface area contributed by atoms with Gasteiger partial charge >= 0.3 is 0 Å². The number of alkyl halides is 2. The minimum absolute atomic E-state index is 0.0219. The highest BCUT2D eigenvalue weighted by molar-refractivity contribution is 5.97. The van der Waals surface area contributed by atoms with Gasteiger partial charge in [-0.1, -0.05) is 0 Å². The predicted molar refractivity (Wildman–Crippen MR) is 152 cm³/mol. The SMILES string of the molecule is [2H][C@@H]1CC[C@@H](CN2CCC3(CC2)CN(c2ncncc2Oc2ccc(F)cc2C(=O)N(C(C)C)C2CC(F)(F)C2)C3)OC1. The molecule has 8 nitrogen and oxygen atoms in total. The van der Waals surface area contributed by atoms with Crippen LogP contribution >= 0.6 is 0 Å². The Morgan fingerprint density at radius 2 is 2.00 bits per heavy atom. The molecular weight excluding hydrogens is 547 g/mol. The summed E-state index contributed by atoms with van der Waals surface area (Å²) in [5.41, 5.74) is 0.171. The van der Waals surface area contributed by atoms with Crippen LogP contribution in [-0.2, 0) is 4.74 Å². The number of nitrogens with zero attached hydrogens (tertiary/aromatic N) is 5. The molecule has 0 N–H and O–H groups in total. The number of hydrogen-bond donors (Lipinski definition) is 0. The van der Waals surface area contributed by atoms with Crippen molar-refractivity contribution < 1.29 is 28.8 Å². The zero-order valence-electron chi connectivity index (χ0n) is 25.3. The summed E-state index contributed by atoms with van der Waals surface area (Å²) in [7, 11) is 0. The number of piperidine rings is 1. The van der Waals surface area contributed by atoms with Gasteiger partial charge in [-0.05, 0) is 77.2 Å². The zero-order valence-corrected chi connectivity index (χ0v) is 24.3. The van der Waals surface area contributed by atoms with Crippen molar-refractivity contribution in [1.82, 2.24) is 19.8 Å². The van der Waals surface area contributed by atoms with Gasteiger partial charge in [-0.3, -0.25) is 4.79 Å². The Balaban J connectivity index is 1.11. The van der Waals surface area contributed by atoms with Crippen molar-refractivity contribution in [2.24, 2.45) is 5.41 Å². The lowest BCUT2D eigenvalue weighted by atomic mass is 9.72. The third-order valence-corrected chi connectivity index (χ3v) is 9.18. The van der Waals surface area contributed by atoms with E-state index in [4.69, 9.17) is 10.8 Å². The Hall–Kier alpha value is -2.92. The number of halogens is 3. The van der Waals surface area contributed by atoms with Gasteiger partial charge in [-0.2, -0.15) is 0 Å². The second kappa shape index (κ2) is 11.6. The van der Waals surface area contributed by atoms with Gasteiger partial charge in [0, 0.05) is 58.0 Å². The maximum atomic E-state index is 14.4. The Labute approximate surface area is 246 Å². The van der Waals surface area contributed by atoms with Crippen LogP contribution in [0.15, 0.2) is 30.7 Å². The molecule has 3 saturated heterocycles. The quantitative estimate of drug-likeness (QED) is 0.402. The van der Waals surface area contributed by atoms with E-state index in [-0.39, 0.29) is 35.3 Å². The number of likely N-dealkylation sites (tertiary alicyclic amines) is 1. The third kappa shape index (κ3) is 6.08. The molecule has 2 atom stereocenters. The highest BCUT2D eigenvalue weighted by atomic mass is 19.3. The first kappa shape index (κ1) is 27.9. The molecule has 6 rings (SSSR count). The van der Waals surface area contributed by atoms with Crippen molar-refractivity contribution in [1.29, 1.82) is 0 Å². The van der Waals surface area contributed by atoms with Crippen molar-refractivity contribution in [2.45, 2.75) is 82.9 Å². The lowest BCUT2D eigenvalue weighted by Crippen LogP contribution is -2.61. The minimum Gasteiger partial charge on any atom is -0.451 e. The molecule has 4 aliphatic rings. The van der Waals surface area contributed by atoms with Crippen molar-refractivity contribution in [3.8, 4) is 11.5 Å². The van der Waals surface area contributed by atoms with Gasteiger partial charge < -0.3 is 24.2 Å². The van der Waals surface area contributed by atoms with Crippen LogP contribution < -0.4 is 9.64 Å². The second-order valence-electron chi connectivity index (χ2n) is 12.7. The van der Waals surface area contributed by atoms with Gasteiger partial charge in [0.05, 0.1) is 17.9 Å². The fraction of sp³-hybridized carbons (Fsp3) is 0.645. The van der Waals surface area contributed by atoms with E-state index >= 15 is 0 Å². The van der Waals surface area contributed by atoms with E-state index in [1.54, 1.807) is 13.8 Å². The molecule has 4 heterocycles. The number of ether oxygens (including phenoxy) is 2. The lowest BCUT2D eigenvalue weighted by molar-refractivity contribution is -0.120. The first-order valence-electron chi connectivity index (χ1n) is 15.6. The monoisotopic (exact) mass is 588 g/mol. The molecule has 4 fully saturated rings. The molecule has 0 bridgehead atoms. The van der Waals surface area contributed by atoms with Crippen LogP contribution in [0.25, 0.3) is 0 Å². The van der Waals surface area contributed by atoms with E-state index in [1.807, 2.05) is 0 Å². The molecule has 0 radical (unpaired) electrons. The molecule has 1 spiro atoms. The van der Waals surface area contributed by atoms with Crippen LogP contribution in [0.1, 0.15) is 70.5 Å². The predicted octanol–water partition coefficient (Wildman–Crippen LogP) is 5.53. The Bertz CT molecular complexity index is 1300. The highest BCUT2D eigenvalue weighted by Gasteiger charge is 2.50. The molecule has 1 aromatic heterocycles. The van der Waals surface area contributed by atoms with Crippen molar-refractivity contribution >= 4 is 11.7 Å². The number of rotatable bonds is 8. The van der Waals surface area contributed by atoms with E-state index in [2.05, 4.69) is 19.8 Å². The number of anilines is 1. The average Bonchev–Trinajstić information content (AvgIpc) is 2.94. The Morgan fingerprint density at radius 3 is 2.67 bits per heavy atom. The number of amides is 1. The van der Waals surface area contributed by atoms with Crippen LogP contribution in [0.4, 0.5) is 19.0 Å². The van der Waals surface area contributed by atoms with Crippen LogP contribution in [-0.4, -0.2) is 89.1 Å². The molecule has 2 aromatic rings. The van der Waals surface area contributed by atoms with Crippen molar-refractivity contribution in [2.75, 3.05) is 44.2 Å². The fourth-order valence-corrected chi connectivity index (χ4v) is 6.83. The molecule has 42 heavy (non-hydrogen) atoms. The molecule has 1 aliphatic carbocycles. The third-order valence-electron chi connectivity index (χ3n) is 9.18. The van der Waals surface area contributed by atoms with Crippen molar-refractivity contribution in [3.05, 3.63) is 42.1 Å². The summed E-state index contributed by atoms with van der Waals surface area (Å²) in [5.74, 6) is -2.87. The zero-order chi connectivity index (χ0) is 30.4. The lowest BCUT2D eigenvalue weighted by Gasteiger charge is -2.54. The van der Waals surface area contributed by atoms with E-state index in [1.165, 1.54) is 29.6 Å². The second-order valence-corrected chi connectivity index (χ2v) is 12.7. The van der Waals surface area contributed by atoms with Gasteiger partial charge in [0.25, 0.3) is 11.8 Å². The fourth-order valence-electron chi connectivity index (χ4n) is 6.83. The Kier molecular flexibility index (Phi) is 7.73. The molecular formula is C31H40F3N5O3. The van der Waals surface area contributed by atoms with E-state index in [9.17, 15) is 18.0 Å². The minimum atomic E-state index is -2.79. The smallest absolute Gasteiger partial charge is 0.258 e. The molecule has 1 amide bonds. The number of hydrogen-bond acceptors (Lipinski definition) is 7. The summed E-state index contributed by atoms with van der Waals surface area (Å²) < 4.78 is 61.6. The largest absolute Gasteiger partial charge is 0.451 e. The van der Waals surface area contributed by atoms with Gasteiger partial charge in [-0.15, -0.1) is 0 Å². The molecule has 1 aromatic carbocycles. The number of carbonyl (C=O) groups is 1. The van der Waals surface area contributed by atoms with Gasteiger partial charge in [0.2, 0.25) is 0 Å². The summed E-state index contributed by atoms with van der Waals surface area (Å²) in [4.78, 5) is 28.3. The maximum absolute atomic E-state index is 14.4. The van der Waals surface area contributed by atoms with E-state index in [0.29, 0.717) is 18.2 Å². The van der Waals surface area contributed by atoms with Crippen molar-refractivity contribution in [3.63, 3.8) is 0 Å². The summed E-state index contributed by atoms with van der Waals surface area (Å²) in [5, 5.41) is 0. The van der Waals surface area contributed by atoms with Crippen LogP contribution in [0.2, 0.25) is 0 Å². The highest BCUT2D eigenvalue weighted by Crippen LogP contribution is 2.46. The molecule has 1 saturated carbocycles. The van der Waals surface area contributed by atoms with Crippen LogP contribution in [0.3, 0.4) is 0 Å². The summed E-state index contributed by atoms with van der Waals surface area (Å²) >= 11 is 0. The summed E-state index contributed by atoms with van der Waals surface area (Å²) in [6.07, 6.45) is 6.30. The van der Waals surface area contributed by atoms with E-state index < -0.39 is 36.5 Å². The number of carbonyl (C=O) groups excluding carboxylic acids is 1. The molecule has 228 valence electrons. The Morgan fingerprint density at radius 1 is 1.24 bits per heavy atom. The maximum Gasteiger partial charge on any atom is 0.258 e. The molecule has 3 aliphatic heterocycles. The summed E-state index contributed by atoms with van der Waals surface area (Å²) in [6, 6.07) is 2.73. The normalized spacial score (nSPS) is 26.0. The van der Waals surface area contributed by atoms with Gasteiger partial charge in [0.1, 0.15) is 17.9 Å². The number of aromatic nitrogens is 2. The molecule has 11 heteroatoms. The average molecular weight is 589 g/mol. The summed E-state index contributed by atoms with van der Waals surface area (Å²) in [6.45, 7) is 8.63.